The summed E-state index contributed by atoms with van der Waals surface area (Å²) in [4.78, 5) is 11.9. The third-order valence-electron chi connectivity index (χ3n) is 2.69. The van der Waals surface area contributed by atoms with Crippen molar-refractivity contribution in [3.05, 3.63) is 18.2 Å². The van der Waals surface area contributed by atoms with E-state index in [0.717, 1.165) is 0 Å². The predicted molar refractivity (Wildman–Crippen MR) is 71.0 cm³/mol. The summed E-state index contributed by atoms with van der Waals surface area (Å²) in [6, 6.07) is 4.63. The zero-order valence-corrected chi connectivity index (χ0v) is 11.2. The highest BCUT2D eigenvalue weighted by Crippen LogP contribution is 2.29. The fraction of sp³-hybridized carbons (Fsp3) is 0.462. The summed E-state index contributed by atoms with van der Waals surface area (Å²) in [5, 5.41) is 2.75. The minimum atomic E-state index is -0.545. The fourth-order valence-electron chi connectivity index (χ4n) is 1.42. The van der Waals surface area contributed by atoms with E-state index >= 15 is 0 Å². The molecule has 18 heavy (non-hydrogen) atoms. The Labute approximate surface area is 107 Å². The van der Waals surface area contributed by atoms with Crippen molar-refractivity contribution in [2.75, 3.05) is 19.5 Å². The van der Waals surface area contributed by atoms with Crippen LogP contribution in [0, 0.1) is 5.92 Å². The number of ether oxygens (including phenoxy) is 2. The van der Waals surface area contributed by atoms with Gasteiger partial charge in [-0.05, 0) is 18.1 Å². The molecule has 0 aromatic heterocycles. The minimum absolute atomic E-state index is 0.0780. The Morgan fingerprint density at radius 1 is 1.28 bits per heavy atom. The number of methoxy groups -OCH3 is 2. The molecule has 3 N–H and O–H groups in total. The van der Waals surface area contributed by atoms with Crippen molar-refractivity contribution in [3.8, 4) is 11.5 Å². The van der Waals surface area contributed by atoms with Crippen LogP contribution < -0.4 is 20.5 Å². The van der Waals surface area contributed by atoms with Gasteiger partial charge in [0.05, 0.1) is 25.9 Å². The molecular formula is C13H20N2O3. The first-order valence-electron chi connectivity index (χ1n) is 5.78. The molecule has 5 nitrogen and oxygen atoms in total. The molecule has 0 unspecified atom stereocenters. The van der Waals surface area contributed by atoms with Crippen molar-refractivity contribution < 1.29 is 14.3 Å². The van der Waals surface area contributed by atoms with Gasteiger partial charge in [-0.2, -0.15) is 0 Å². The van der Waals surface area contributed by atoms with E-state index in [1.54, 1.807) is 25.3 Å². The van der Waals surface area contributed by atoms with Gasteiger partial charge in [0.15, 0.2) is 0 Å². The van der Waals surface area contributed by atoms with E-state index in [-0.39, 0.29) is 11.8 Å². The summed E-state index contributed by atoms with van der Waals surface area (Å²) >= 11 is 0. The quantitative estimate of drug-likeness (QED) is 0.835. The molecule has 100 valence electrons. The van der Waals surface area contributed by atoms with Crippen molar-refractivity contribution in [1.29, 1.82) is 0 Å². The molecule has 0 heterocycles. The molecule has 0 bridgehead atoms. The smallest absolute Gasteiger partial charge is 0.241 e. The van der Waals surface area contributed by atoms with Crippen LogP contribution in [0.1, 0.15) is 13.8 Å². The van der Waals surface area contributed by atoms with Gasteiger partial charge < -0.3 is 20.5 Å². The van der Waals surface area contributed by atoms with E-state index < -0.39 is 6.04 Å². The molecule has 0 aliphatic heterocycles. The van der Waals surface area contributed by atoms with E-state index in [0.29, 0.717) is 17.2 Å². The molecule has 1 amide bonds. The van der Waals surface area contributed by atoms with Gasteiger partial charge >= 0.3 is 0 Å². The second kappa shape index (κ2) is 6.26. The molecule has 0 aliphatic carbocycles. The van der Waals surface area contributed by atoms with Crippen molar-refractivity contribution in [1.82, 2.24) is 0 Å². The topological polar surface area (TPSA) is 73.6 Å². The zero-order valence-electron chi connectivity index (χ0n) is 11.2. The van der Waals surface area contributed by atoms with Crippen molar-refractivity contribution in [2.45, 2.75) is 19.9 Å². The largest absolute Gasteiger partial charge is 0.497 e. The van der Waals surface area contributed by atoms with Gasteiger partial charge in [0.25, 0.3) is 0 Å². The Morgan fingerprint density at radius 2 is 1.94 bits per heavy atom. The molecule has 0 saturated carbocycles. The summed E-state index contributed by atoms with van der Waals surface area (Å²) in [7, 11) is 3.11. The summed E-state index contributed by atoms with van der Waals surface area (Å²) in [6.07, 6.45) is 0. The lowest BCUT2D eigenvalue weighted by Crippen LogP contribution is -2.39. The minimum Gasteiger partial charge on any atom is -0.497 e. The second-order valence-electron chi connectivity index (χ2n) is 4.33. The maximum Gasteiger partial charge on any atom is 0.241 e. The van der Waals surface area contributed by atoms with Crippen LogP contribution in [-0.2, 0) is 4.79 Å². The molecule has 1 aromatic rings. The molecule has 1 atom stereocenters. The first-order chi connectivity index (χ1) is 8.49. The number of hydrogen-bond acceptors (Lipinski definition) is 4. The normalized spacial score (nSPS) is 12.1. The third-order valence-corrected chi connectivity index (χ3v) is 2.69. The van der Waals surface area contributed by atoms with Gasteiger partial charge in [0.2, 0.25) is 5.91 Å². The number of benzene rings is 1. The number of anilines is 1. The first kappa shape index (κ1) is 14.3. The van der Waals surface area contributed by atoms with Crippen molar-refractivity contribution in [2.24, 2.45) is 11.7 Å². The lowest BCUT2D eigenvalue weighted by Gasteiger charge is -2.17. The van der Waals surface area contributed by atoms with Crippen molar-refractivity contribution in [3.63, 3.8) is 0 Å². The SMILES string of the molecule is COc1ccc(NC(=O)[C@@H](N)C(C)C)c(OC)c1. The number of carbonyl (C=O) groups excluding carboxylic acids is 1. The number of nitrogens with one attached hydrogen (secondary N) is 1. The van der Waals surface area contributed by atoms with Crippen LogP contribution in [-0.4, -0.2) is 26.2 Å². The Morgan fingerprint density at radius 3 is 2.44 bits per heavy atom. The van der Waals surface area contributed by atoms with Gasteiger partial charge in [-0.15, -0.1) is 0 Å². The van der Waals surface area contributed by atoms with Gasteiger partial charge in [0.1, 0.15) is 11.5 Å². The molecule has 0 radical (unpaired) electrons. The average Bonchev–Trinajstić information content (AvgIpc) is 2.37. The molecule has 0 aliphatic rings. The Bertz CT molecular complexity index is 419. The number of nitrogens with two attached hydrogens (primary N) is 1. The van der Waals surface area contributed by atoms with Gasteiger partial charge in [-0.3, -0.25) is 4.79 Å². The van der Waals surface area contributed by atoms with Crippen LogP contribution in [0.15, 0.2) is 18.2 Å². The van der Waals surface area contributed by atoms with Crippen LogP contribution >= 0.6 is 0 Å². The van der Waals surface area contributed by atoms with Gasteiger partial charge in [-0.25, -0.2) is 0 Å². The monoisotopic (exact) mass is 252 g/mol. The first-order valence-corrected chi connectivity index (χ1v) is 5.78. The molecule has 0 saturated heterocycles. The van der Waals surface area contributed by atoms with Crippen LogP contribution in [0.25, 0.3) is 0 Å². The standard InChI is InChI=1S/C13H20N2O3/c1-8(2)12(14)13(16)15-10-6-5-9(17-3)7-11(10)18-4/h5-8,12H,14H2,1-4H3,(H,15,16)/t12-/m0/s1. The Kier molecular flexibility index (Phi) is 4.97. The molecular weight excluding hydrogens is 232 g/mol. The highest BCUT2D eigenvalue weighted by Gasteiger charge is 2.18. The number of amides is 1. The maximum atomic E-state index is 11.9. The lowest BCUT2D eigenvalue weighted by molar-refractivity contribution is -0.118. The average molecular weight is 252 g/mol. The Balaban J connectivity index is 2.87. The third kappa shape index (κ3) is 3.37. The number of hydrogen-bond donors (Lipinski definition) is 2. The molecule has 1 rings (SSSR count). The number of rotatable bonds is 5. The van der Waals surface area contributed by atoms with Crippen LogP contribution in [0.3, 0.4) is 0 Å². The van der Waals surface area contributed by atoms with Crippen LogP contribution in [0.4, 0.5) is 5.69 Å². The molecule has 0 fully saturated rings. The van der Waals surface area contributed by atoms with E-state index in [9.17, 15) is 4.79 Å². The summed E-state index contributed by atoms with van der Waals surface area (Å²) < 4.78 is 10.3. The van der Waals surface area contributed by atoms with E-state index in [4.69, 9.17) is 15.2 Å². The summed E-state index contributed by atoms with van der Waals surface area (Å²) in [5.41, 5.74) is 6.36. The summed E-state index contributed by atoms with van der Waals surface area (Å²) in [5.74, 6) is 1.05. The second-order valence-corrected chi connectivity index (χ2v) is 4.33. The van der Waals surface area contributed by atoms with Crippen molar-refractivity contribution >= 4 is 11.6 Å². The zero-order chi connectivity index (χ0) is 13.7. The Hall–Kier alpha value is -1.75. The van der Waals surface area contributed by atoms with Gasteiger partial charge in [0, 0.05) is 6.07 Å². The van der Waals surface area contributed by atoms with E-state index in [1.807, 2.05) is 13.8 Å². The summed E-state index contributed by atoms with van der Waals surface area (Å²) in [6.45, 7) is 3.80. The highest BCUT2D eigenvalue weighted by molar-refractivity contribution is 5.96. The maximum absolute atomic E-state index is 11.9. The number of carbonyl (C=O) groups is 1. The van der Waals surface area contributed by atoms with E-state index in [1.165, 1.54) is 7.11 Å². The fourth-order valence-corrected chi connectivity index (χ4v) is 1.42. The molecule has 0 spiro atoms. The van der Waals surface area contributed by atoms with Gasteiger partial charge in [-0.1, -0.05) is 13.8 Å². The van der Waals surface area contributed by atoms with Crippen LogP contribution in [0.5, 0.6) is 11.5 Å². The lowest BCUT2D eigenvalue weighted by atomic mass is 10.0. The van der Waals surface area contributed by atoms with Crippen LogP contribution in [0.2, 0.25) is 0 Å². The molecule has 1 aromatic carbocycles. The molecule has 5 heteroatoms. The van der Waals surface area contributed by atoms with E-state index in [2.05, 4.69) is 5.32 Å². The highest BCUT2D eigenvalue weighted by atomic mass is 16.5. The predicted octanol–water partition coefficient (Wildman–Crippen LogP) is 1.63.